The molecule has 2 aliphatic carbocycles. The van der Waals surface area contributed by atoms with Crippen LogP contribution in [0.15, 0.2) is 0 Å². The Bertz CT molecular complexity index is 351. The standard InChI is InChI=1S/C17H31NO6/c1-2-20-11-23-17(19)13-3-5-14(6-4-13)21-12-22-15-7-9-16(24-18)10-8-15/h13-16H,2-12,18H2,1H3. The van der Waals surface area contributed by atoms with Gasteiger partial charge in [-0.1, -0.05) is 0 Å². The van der Waals surface area contributed by atoms with Crippen molar-refractivity contribution in [2.24, 2.45) is 11.8 Å². The van der Waals surface area contributed by atoms with Gasteiger partial charge in [-0.3, -0.25) is 4.79 Å². The smallest absolute Gasteiger partial charge is 0.311 e. The lowest BCUT2D eigenvalue weighted by Gasteiger charge is -2.29. The molecular formula is C17H31NO6. The van der Waals surface area contributed by atoms with Crippen molar-refractivity contribution in [1.82, 2.24) is 0 Å². The van der Waals surface area contributed by atoms with Crippen LogP contribution in [0.4, 0.5) is 0 Å². The van der Waals surface area contributed by atoms with Gasteiger partial charge in [0.2, 0.25) is 0 Å². The highest BCUT2D eigenvalue weighted by molar-refractivity contribution is 5.72. The normalized spacial score (nSPS) is 30.9. The van der Waals surface area contributed by atoms with Crippen LogP contribution < -0.4 is 5.90 Å². The summed E-state index contributed by atoms with van der Waals surface area (Å²) >= 11 is 0. The van der Waals surface area contributed by atoms with Crippen molar-refractivity contribution in [1.29, 1.82) is 0 Å². The Morgan fingerprint density at radius 2 is 1.42 bits per heavy atom. The third-order valence-corrected chi connectivity index (χ3v) is 4.92. The molecule has 7 heteroatoms. The zero-order valence-electron chi connectivity index (χ0n) is 14.6. The first-order chi connectivity index (χ1) is 11.7. The topological polar surface area (TPSA) is 89.2 Å². The first-order valence-electron chi connectivity index (χ1n) is 9.06. The van der Waals surface area contributed by atoms with Crippen LogP contribution in [0.5, 0.6) is 0 Å². The lowest BCUT2D eigenvalue weighted by Crippen LogP contribution is -2.31. The number of hydrogen-bond donors (Lipinski definition) is 1. The van der Waals surface area contributed by atoms with Gasteiger partial charge in [-0.05, 0) is 58.3 Å². The fraction of sp³-hybridized carbons (Fsp3) is 0.941. The molecule has 2 rings (SSSR count). The van der Waals surface area contributed by atoms with Crippen LogP contribution in [0.3, 0.4) is 0 Å². The van der Waals surface area contributed by atoms with Crippen LogP contribution in [-0.4, -0.2) is 44.5 Å². The zero-order valence-corrected chi connectivity index (χ0v) is 14.6. The monoisotopic (exact) mass is 345 g/mol. The summed E-state index contributed by atoms with van der Waals surface area (Å²) in [4.78, 5) is 16.7. The lowest BCUT2D eigenvalue weighted by molar-refractivity contribution is -0.165. The van der Waals surface area contributed by atoms with E-state index in [1.54, 1.807) is 0 Å². The third-order valence-electron chi connectivity index (χ3n) is 4.92. The minimum absolute atomic E-state index is 0.0298. The van der Waals surface area contributed by atoms with E-state index in [1.807, 2.05) is 6.92 Å². The molecule has 2 N–H and O–H groups in total. The molecule has 0 aromatic heterocycles. The van der Waals surface area contributed by atoms with Crippen molar-refractivity contribution >= 4 is 5.97 Å². The minimum atomic E-state index is -0.156. The first kappa shape index (κ1) is 19.6. The second kappa shape index (κ2) is 11.0. The van der Waals surface area contributed by atoms with E-state index in [2.05, 4.69) is 0 Å². The molecule has 0 unspecified atom stereocenters. The molecule has 7 nitrogen and oxygen atoms in total. The molecular weight excluding hydrogens is 314 g/mol. The van der Waals surface area contributed by atoms with E-state index in [-0.39, 0.29) is 37.0 Å². The van der Waals surface area contributed by atoms with Crippen molar-refractivity contribution in [3.63, 3.8) is 0 Å². The maximum atomic E-state index is 11.9. The highest BCUT2D eigenvalue weighted by atomic mass is 16.7. The van der Waals surface area contributed by atoms with E-state index >= 15 is 0 Å². The molecule has 2 aliphatic rings. The molecule has 0 radical (unpaired) electrons. The van der Waals surface area contributed by atoms with E-state index in [0.717, 1.165) is 51.4 Å². The second-order valence-corrected chi connectivity index (χ2v) is 6.53. The van der Waals surface area contributed by atoms with Gasteiger partial charge in [-0.15, -0.1) is 0 Å². The molecule has 0 atom stereocenters. The molecule has 0 saturated heterocycles. The molecule has 0 heterocycles. The maximum absolute atomic E-state index is 11.9. The van der Waals surface area contributed by atoms with Gasteiger partial charge in [-0.25, -0.2) is 5.90 Å². The first-order valence-corrected chi connectivity index (χ1v) is 9.06. The number of nitrogens with two attached hydrogens (primary N) is 1. The second-order valence-electron chi connectivity index (χ2n) is 6.53. The van der Waals surface area contributed by atoms with Gasteiger partial charge in [0.25, 0.3) is 0 Å². The molecule has 24 heavy (non-hydrogen) atoms. The maximum Gasteiger partial charge on any atom is 0.311 e. The lowest BCUT2D eigenvalue weighted by atomic mass is 9.87. The van der Waals surface area contributed by atoms with Crippen LogP contribution in [0, 0.1) is 5.92 Å². The zero-order chi connectivity index (χ0) is 17.2. The minimum Gasteiger partial charge on any atom is -0.438 e. The summed E-state index contributed by atoms with van der Waals surface area (Å²) < 4.78 is 21.7. The fourth-order valence-corrected chi connectivity index (χ4v) is 3.33. The van der Waals surface area contributed by atoms with Gasteiger partial charge >= 0.3 is 5.97 Å². The number of carbonyl (C=O) groups is 1. The van der Waals surface area contributed by atoms with Crippen LogP contribution in [-0.2, 0) is 28.6 Å². The predicted molar refractivity (Wildman–Crippen MR) is 86.7 cm³/mol. The molecule has 2 saturated carbocycles. The summed E-state index contributed by atoms with van der Waals surface area (Å²) in [5.41, 5.74) is 0. The molecule has 0 aromatic carbocycles. The number of carbonyl (C=O) groups excluding carboxylic acids is 1. The van der Waals surface area contributed by atoms with Gasteiger partial charge in [-0.2, -0.15) is 0 Å². The molecule has 140 valence electrons. The van der Waals surface area contributed by atoms with Crippen molar-refractivity contribution in [3.8, 4) is 0 Å². The fourth-order valence-electron chi connectivity index (χ4n) is 3.33. The van der Waals surface area contributed by atoms with Gasteiger partial charge < -0.3 is 23.8 Å². The summed E-state index contributed by atoms with van der Waals surface area (Å²) in [5.74, 6) is 5.02. The molecule has 0 bridgehead atoms. The Morgan fingerprint density at radius 1 is 0.875 bits per heavy atom. The highest BCUT2D eigenvalue weighted by Crippen LogP contribution is 2.28. The Morgan fingerprint density at radius 3 is 1.96 bits per heavy atom. The Labute approximate surface area is 144 Å². The molecule has 0 spiro atoms. The van der Waals surface area contributed by atoms with Crippen molar-refractivity contribution in [2.75, 3.05) is 20.2 Å². The summed E-state index contributed by atoms with van der Waals surface area (Å²) in [6.45, 7) is 2.80. The van der Waals surface area contributed by atoms with Crippen molar-refractivity contribution in [2.45, 2.75) is 76.6 Å². The third kappa shape index (κ3) is 6.64. The predicted octanol–water partition coefficient (Wildman–Crippen LogP) is 2.27. The van der Waals surface area contributed by atoms with Crippen molar-refractivity contribution in [3.05, 3.63) is 0 Å². The Kier molecular flexibility index (Phi) is 8.98. The van der Waals surface area contributed by atoms with Crippen LogP contribution >= 0.6 is 0 Å². The van der Waals surface area contributed by atoms with E-state index in [0.29, 0.717) is 13.4 Å². The highest BCUT2D eigenvalue weighted by Gasteiger charge is 2.28. The van der Waals surface area contributed by atoms with Gasteiger partial charge in [0, 0.05) is 6.61 Å². The van der Waals surface area contributed by atoms with Gasteiger partial charge in [0.15, 0.2) is 6.79 Å². The van der Waals surface area contributed by atoms with E-state index in [1.165, 1.54) is 0 Å². The quantitative estimate of drug-likeness (QED) is 0.297. The summed E-state index contributed by atoms with van der Waals surface area (Å²) in [6, 6.07) is 0. The number of esters is 1. The van der Waals surface area contributed by atoms with E-state index in [4.69, 9.17) is 29.7 Å². The van der Waals surface area contributed by atoms with Gasteiger partial charge in [0.05, 0.1) is 24.2 Å². The van der Waals surface area contributed by atoms with Crippen LogP contribution in [0.2, 0.25) is 0 Å². The SMILES string of the molecule is CCOCOC(=O)C1CCC(OCOC2CCC(ON)CC2)CC1. The molecule has 0 aromatic rings. The van der Waals surface area contributed by atoms with Crippen LogP contribution in [0.1, 0.15) is 58.3 Å². The van der Waals surface area contributed by atoms with E-state index < -0.39 is 0 Å². The molecule has 2 fully saturated rings. The average Bonchev–Trinajstić information content (AvgIpc) is 2.63. The number of hydrogen-bond acceptors (Lipinski definition) is 7. The number of rotatable bonds is 9. The number of ether oxygens (including phenoxy) is 4. The van der Waals surface area contributed by atoms with Gasteiger partial charge in [0.1, 0.15) is 6.79 Å². The molecule has 0 aliphatic heterocycles. The summed E-state index contributed by atoms with van der Waals surface area (Å²) in [5, 5.41) is 0. The Balaban J connectivity index is 1.53. The molecule has 0 amide bonds. The van der Waals surface area contributed by atoms with E-state index in [9.17, 15) is 4.79 Å². The summed E-state index contributed by atoms with van der Waals surface area (Å²) in [7, 11) is 0. The van der Waals surface area contributed by atoms with Crippen LogP contribution in [0.25, 0.3) is 0 Å². The largest absolute Gasteiger partial charge is 0.438 e. The average molecular weight is 345 g/mol. The summed E-state index contributed by atoms with van der Waals surface area (Å²) in [6.07, 6.45) is 7.72. The van der Waals surface area contributed by atoms with Crippen molar-refractivity contribution < 1.29 is 28.6 Å². The Hall–Kier alpha value is -0.730.